The summed E-state index contributed by atoms with van der Waals surface area (Å²) in [6.07, 6.45) is -2.26. The van der Waals surface area contributed by atoms with Gasteiger partial charge in [-0.05, 0) is 30.8 Å². The highest BCUT2D eigenvalue weighted by Crippen LogP contribution is 2.35. The van der Waals surface area contributed by atoms with Gasteiger partial charge in [0.05, 0.1) is 31.3 Å². The number of hydrogen-bond donors (Lipinski definition) is 2. The Morgan fingerprint density at radius 3 is 2.16 bits per heavy atom. The van der Waals surface area contributed by atoms with Gasteiger partial charge in [0.25, 0.3) is 0 Å². The fraction of sp³-hybridized carbons (Fsp3) is 0.545. The fourth-order valence-corrected chi connectivity index (χ4v) is 4.73. The van der Waals surface area contributed by atoms with Gasteiger partial charge in [-0.15, -0.1) is 11.3 Å². The van der Waals surface area contributed by atoms with Gasteiger partial charge in [0, 0.05) is 36.5 Å². The molecule has 2 aromatic rings. The fourth-order valence-electron chi connectivity index (χ4n) is 3.98. The van der Waals surface area contributed by atoms with Crippen LogP contribution in [0.3, 0.4) is 0 Å². The van der Waals surface area contributed by atoms with Crippen LogP contribution >= 0.6 is 11.3 Å². The van der Waals surface area contributed by atoms with Crippen LogP contribution in [-0.2, 0) is 20.9 Å². The summed E-state index contributed by atoms with van der Waals surface area (Å²) in [5.74, 6) is -5.51. The molecule has 9 nitrogen and oxygen atoms in total. The first-order valence-corrected chi connectivity index (χ1v) is 12.0. The summed E-state index contributed by atoms with van der Waals surface area (Å²) in [6, 6.07) is 4.38. The molecule has 0 aromatic carbocycles. The summed E-state index contributed by atoms with van der Waals surface area (Å²) in [5, 5.41) is 16.4. The molecular weight excluding hydrogens is 546 g/mol. The summed E-state index contributed by atoms with van der Waals surface area (Å²) in [4.78, 5) is 32.6. The molecule has 1 atom stereocenters. The molecule has 4 heterocycles. The number of ether oxygens (including phenoxy) is 1. The maximum Gasteiger partial charge on any atom is 0.490 e. The zero-order valence-corrected chi connectivity index (χ0v) is 20.7. The number of hydrogen-bond acceptors (Lipinski definition) is 8. The second-order valence-corrected chi connectivity index (χ2v) is 9.60. The first kappa shape index (κ1) is 31.2. The van der Waals surface area contributed by atoms with Crippen molar-refractivity contribution in [2.45, 2.75) is 31.7 Å². The van der Waals surface area contributed by atoms with E-state index in [0.29, 0.717) is 0 Å². The van der Waals surface area contributed by atoms with Crippen molar-refractivity contribution in [3.05, 3.63) is 41.1 Å². The monoisotopic (exact) mass is 572 g/mol. The molecule has 2 aliphatic heterocycles. The van der Waals surface area contributed by atoms with Gasteiger partial charge < -0.3 is 19.8 Å². The van der Waals surface area contributed by atoms with Gasteiger partial charge in [0.2, 0.25) is 0 Å². The van der Waals surface area contributed by atoms with Gasteiger partial charge in [-0.3, -0.25) is 4.90 Å². The number of alkyl halides is 6. The molecule has 2 fully saturated rings. The summed E-state index contributed by atoms with van der Waals surface area (Å²) in [5.41, 5.74) is 1.32. The number of carbonyl (C=O) groups is 2. The lowest BCUT2D eigenvalue weighted by molar-refractivity contribution is -0.193. The molecule has 212 valence electrons. The second-order valence-electron chi connectivity index (χ2n) is 8.57. The minimum absolute atomic E-state index is 0.210. The Morgan fingerprint density at radius 2 is 1.63 bits per heavy atom. The van der Waals surface area contributed by atoms with E-state index in [1.807, 2.05) is 23.7 Å². The van der Waals surface area contributed by atoms with Crippen molar-refractivity contribution in [3.63, 3.8) is 0 Å². The summed E-state index contributed by atoms with van der Waals surface area (Å²) in [6.45, 7) is 6.94. The molecule has 4 rings (SSSR count). The zero-order valence-electron chi connectivity index (χ0n) is 19.9. The predicted octanol–water partition coefficient (Wildman–Crippen LogP) is 3.92. The van der Waals surface area contributed by atoms with Crippen molar-refractivity contribution < 1.29 is 50.9 Å². The largest absolute Gasteiger partial charge is 0.490 e. The first-order chi connectivity index (χ1) is 17.7. The number of aliphatic carboxylic acids is 2. The number of nitrogens with zero attached hydrogens (tertiary/aromatic N) is 4. The minimum Gasteiger partial charge on any atom is -0.475 e. The van der Waals surface area contributed by atoms with Crippen molar-refractivity contribution in [2.75, 3.05) is 44.3 Å². The highest BCUT2D eigenvalue weighted by molar-refractivity contribution is 7.09. The van der Waals surface area contributed by atoms with Crippen LogP contribution in [0.2, 0.25) is 0 Å². The molecule has 2 aromatic heterocycles. The van der Waals surface area contributed by atoms with Gasteiger partial charge in [-0.1, -0.05) is 6.07 Å². The average Bonchev–Trinajstić information content (AvgIpc) is 3.26. The molecule has 2 aliphatic rings. The van der Waals surface area contributed by atoms with E-state index in [1.54, 1.807) is 6.33 Å². The van der Waals surface area contributed by atoms with Crippen molar-refractivity contribution in [2.24, 2.45) is 5.41 Å². The zero-order chi connectivity index (χ0) is 28.4. The Kier molecular flexibility index (Phi) is 11.3. The molecule has 0 aliphatic carbocycles. The van der Waals surface area contributed by atoms with E-state index in [2.05, 4.69) is 37.3 Å². The van der Waals surface area contributed by atoms with Crippen LogP contribution in [0.25, 0.3) is 0 Å². The average molecular weight is 573 g/mol. The minimum atomic E-state index is -5.08. The van der Waals surface area contributed by atoms with E-state index in [-0.39, 0.29) is 5.41 Å². The number of carboxylic acid groups (broad SMARTS) is 2. The summed E-state index contributed by atoms with van der Waals surface area (Å²) >= 11 is 1.85. The van der Waals surface area contributed by atoms with Crippen LogP contribution < -0.4 is 4.90 Å². The maximum atomic E-state index is 10.6. The van der Waals surface area contributed by atoms with Crippen LogP contribution in [0.4, 0.5) is 32.0 Å². The lowest BCUT2D eigenvalue weighted by atomic mass is 9.80. The van der Waals surface area contributed by atoms with Crippen LogP contribution in [0.15, 0.2) is 36.2 Å². The molecule has 1 spiro atoms. The number of aromatic nitrogens is 2. The smallest absolute Gasteiger partial charge is 0.475 e. The standard InChI is InChI=1S/C18H24N4OS.2C2HF3O2/c1-3-17(24-8-1)11-21-5-2-4-18(12-21)13-22(6-7-23-14-18)16-9-19-15-20-10-16;2*3-2(4,5)1(6)7/h1,3,8-10,15H,2,4-7,11-14H2;2*(H,6,7). The van der Waals surface area contributed by atoms with E-state index in [1.165, 1.54) is 24.3 Å². The number of carboxylic acids is 2. The topological polar surface area (TPSA) is 116 Å². The van der Waals surface area contributed by atoms with E-state index in [0.717, 1.165) is 45.1 Å². The third-order valence-electron chi connectivity index (χ3n) is 5.54. The number of rotatable bonds is 3. The van der Waals surface area contributed by atoms with Crippen LogP contribution in [0, 0.1) is 5.41 Å². The lowest BCUT2D eigenvalue weighted by Crippen LogP contribution is -2.50. The lowest BCUT2D eigenvalue weighted by Gasteiger charge is -2.43. The van der Waals surface area contributed by atoms with Gasteiger partial charge in [-0.2, -0.15) is 26.3 Å². The Bertz CT molecular complexity index is 986. The normalized spacial score (nSPS) is 20.4. The SMILES string of the molecule is O=C(O)C(F)(F)F.O=C(O)C(F)(F)F.c1csc(CN2CCCC3(COCCN(c4cncnc4)C3)C2)c1. The molecule has 0 amide bonds. The van der Waals surface area contributed by atoms with Crippen LogP contribution in [-0.4, -0.2) is 88.8 Å². The molecule has 0 radical (unpaired) electrons. The van der Waals surface area contributed by atoms with Crippen molar-refractivity contribution >= 4 is 29.0 Å². The summed E-state index contributed by atoms with van der Waals surface area (Å²) in [7, 11) is 0. The van der Waals surface area contributed by atoms with Gasteiger partial charge in [-0.25, -0.2) is 19.6 Å². The van der Waals surface area contributed by atoms with Gasteiger partial charge in [0.15, 0.2) is 0 Å². The third kappa shape index (κ3) is 10.4. The highest BCUT2D eigenvalue weighted by atomic mass is 32.1. The maximum absolute atomic E-state index is 10.6. The number of likely N-dealkylation sites (tertiary alicyclic amines) is 1. The Balaban J connectivity index is 0.000000301. The number of piperidine rings is 1. The number of thiophene rings is 1. The Morgan fingerprint density at radius 1 is 1.03 bits per heavy atom. The molecular formula is C22H26F6N4O5S. The Hall–Kier alpha value is -2.98. The first-order valence-electron chi connectivity index (χ1n) is 11.1. The highest BCUT2D eigenvalue weighted by Gasteiger charge is 2.40. The molecule has 2 saturated heterocycles. The molecule has 38 heavy (non-hydrogen) atoms. The van der Waals surface area contributed by atoms with Crippen molar-refractivity contribution in [3.8, 4) is 0 Å². The third-order valence-corrected chi connectivity index (χ3v) is 6.40. The van der Waals surface area contributed by atoms with Crippen molar-refractivity contribution in [1.29, 1.82) is 0 Å². The van der Waals surface area contributed by atoms with E-state index < -0.39 is 24.3 Å². The van der Waals surface area contributed by atoms with Gasteiger partial charge >= 0.3 is 24.3 Å². The quantitative estimate of drug-likeness (QED) is 0.528. The predicted molar refractivity (Wildman–Crippen MR) is 124 cm³/mol. The molecule has 0 bridgehead atoms. The van der Waals surface area contributed by atoms with E-state index in [4.69, 9.17) is 24.5 Å². The molecule has 2 N–H and O–H groups in total. The number of halogens is 6. The molecule has 1 unspecified atom stereocenters. The van der Waals surface area contributed by atoms with Crippen LogP contribution in [0.1, 0.15) is 17.7 Å². The Labute approximate surface area is 217 Å². The van der Waals surface area contributed by atoms with E-state index in [9.17, 15) is 26.3 Å². The summed E-state index contributed by atoms with van der Waals surface area (Å²) < 4.78 is 69.5. The molecule has 0 saturated carbocycles. The number of anilines is 1. The van der Waals surface area contributed by atoms with Crippen LogP contribution in [0.5, 0.6) is 0 Å². The van der Waals surface area contributed by atoms with Gasteiger partial charge in [0.1, 0.15) is 6.33 Å². The van der Waals surface area contributed by atoms with E-state index >= 15 is 0 Å². The second kappa shape index (κ2) is 13.7. The molecule has 16 heteroatoms. The van der Waals surface area contributed by atoms with Crippen molar-refractivity contribution in [1.82, 2.24) is 14.9 Å².